The lowest BCUT2D eigenvalue weighted by atomic mass is 9.98. The maximum atomic E-state index is 12.4. The topological polar surface area (TPSA) is 67.2 Å². The molecule has 33 heavy (non-hydrogen) atoms. The molecule has 0 aliphatic heterocycles. The zero-order chi connectivity index (χ0) is 23.5. The first-order valence-corrected chi connectivity index (χ1v) is 11.6. The molecule has 0 fully saturated rings. The van der Waals surface area contributed by atoms with E-state index in [2.05, 4.69) is 41.6 Å². The Labute approximate surface area is 207 Å². The summed E-state index contributed by atoms with van der Waals surface area (Å²) >= 11 is 17.2. The van der Waals surface area contributed by atoms with Crippen LogP contribution >= 0.6 is 35.4 Å². The number of nitrogens with one attached hydrogen (secondary N) is 2. The molecule has 1 amide bonds. The fraction of sp³-hybridized carbons (Fsp3) is 0.160. The smallest absolute Gasteiger partial charge is 0.258 e. The number of hydrogen-bond donors (Lipinski definition) is 2. The average molecular weight is 498 g/mol. The van der Waals surface area contributed by atoms with Crippen LogP contribution in [0.4, 0.5) is 5.69 Å². The van der Waals surface area contributed by atoms with E-state index in [1.165, 1.54) is 11.6 Å². The van der Waals surface area contributed by atoms with Crippen molar-refractivity contribution in [2.75, 3.05) is 5.32 Å². The monoisotopic (exact) mass is 497 g/mol. The highest BCUT2D eigenvalue weighted by Crippen LogP contribution is 2.28. The van der Waals surface area contributed by atoms with Crippen LogP contribution in [0.5, 0.6) is 0 Å². The van der Waals surface area contributed by atoms with Crippen molar-refractivity contribution in [2.24, 2.45) is 0 Å². The quantitative estimate of drug-likeness (QED) is 0.280. The first-order chi connectivity index (χ1) is 15.8. The molecule has 0 saturated carbocycles. The molecule has 4 aromatic rings. The van der Waals surface area contributed by atoms with Gasteiger partial charge in [0, 0.05) is 16.3 Å². The molecule has 0 spiro atoms. The number of aromatic nitrogens is 1. The third kappa shape index (κ3) is 5.36. The molecule has 5 nitrogen and oxygen atoms in total. The van der Waals surface area contributed by atoms with Crippen molar-refractivity contribution < 1.29 is 9.21 Å². The molecular formula is C25H21Cl2N3O2S. The van der Waals surface area contributed by atoms with Crippen molar-refractivity contribution in [3.63, 3.8) is 0 Å². The van der Waals surface area contributed by atoms with Crippen molar-refractivity contribution in [1.82, 2.24) is 10.3 Å². The van der Waals surface area contributed by atoms with Gasteiger partial charge in [0.15, 0.2) is 10.7 Å². The van der Waals surface area contributed by atoms with Gasteiger partial charge in [-0.3, -0.25) is 10.1 Å². The largest absolute Gasteiger partial charge is 0.436 e. The molecule has 2 N–H and O–H groups in total. The first kappa shape index (κ1) is 23.2. The molecule has 0 aliphatic rings. The van der Waals surface area contributed by atoms with Gasteiger partial charge < -0.3 is 9.73 Å². The summed E-state index contributed by atoms with van der Waals surface area (Å²) in [4.78, 5) is 17.0. The SMILES string of the molecule is CCC(C)c1ccc2oc(-c3ccc(NC(=S)NC(=O)c4ccc(Cl)cc4Cl)cc3)nc2c1. The zero-order valence-electron chi connectivity index (χ0n) is 18.0. The minimum atomic E-state index is -0.422. The van der Waals surface area contributed by atoms with E-state index in [4.69, 9.17) is 39.8 Å². The number of oxazole rings is 1. The fourth-order valence-corrected chi connectivity index (χ4v) is 4.02. The molecule has 3 aromatic carbocycles. The Morgan fingerprint density at radius 2 is 1.85 bits per heavy atom. The summed E-state index contributed by atoms with van der Waals surface area (Å²) in [6.07, 6.45) is 1.07. The molecular weight excluding hydrogens is 477 g/mol. The van der Waals surface area contributed by atoms with Gasteiger partial charge in [0.25, 0.3) is 5.91 Å². The Hall–Kier alpha value is -2.93. The Balaban J connectivity index is 1.43. The molecule has 0 bridgehead atoms. The number of thiocarbonyl (C=S) groups is 1. The van der Waals surface area contributed by atoms with Crippen molar-refractivity contribution in [2.45, 2.75) is 26.2 Å². The van der Waals surface area contributed by atoms with E-state index >= 15 is 0 Å². The van der Waals surface area contributed by atoms with E-state index in [0.717, 1.165) is 23.1 Å². The summed E-state index contributed by atoms with van der Waals surface area (Å²) in [5, 5.41) is 6.45. The van der Waals surface area contributed by atoms with Crippen LogP contribution < -0.4 is 10.6 Å². The summed E-state index contributed by atoms with van der Waals surface area (Å²) in [5.74, 6) is 0.597. The second-order valence-corrected chi connectivity index (χ2v) is 8.92. The van der Waals surface area contributed by atoms with Gasteiger partial charge in [-0.1, -0.05) is 43.1 Å². The number of anilines is 1. The van der Waals surface area contributed by atoms with Crippen molar-refractivity contribution in [1.29, 1.82) is 0 Å². The second kappa shape index (κ2) is 9.91. The lowest BCUT2D eigenvalue weighted by molar-refractivity contribution is 0.0978. The third-order valence-corrected chi connectivity index (χ3v) is 6.14. The van der Waals surface area contributed by atoms with Gasteiger partial charge in [-0.25, -0.2) is 4.98 Å². The molecule has 0 saturated heterocycles. The first-order valence-electron chi connectivity index (χ1n) is 10.4. The van der Waals surface area contributed by atoms with Gasteiger partial charge in [0.05, 0.1) is 10.6 Å². The van der Waals surface area contributed by atoms with E-state index in [0.29, 0.717) is 22.5 Å². The summed E-state index contributed by atoms with van der Waals surface area (Å²) < 4.78 is 5.93. The molecule has 0 radical (unpaired) electrons. The van der Waals surface area contributed by atoms with Crippen molar-refractivity contribution >= 4 is 63.2 Å². The minimum Gasteiger partial charge on any atom is -0.436 e. The average Bonchev–Trinajstić information content (AvgIpc) is 3.22. The van der Waals surface area contributed by atoms with Crippen LogP contribution in [0.25, 0.3) is 22.6 Å². The zero-order valence-corrected chi connectivity index (χ0v) is 20.3. The van der Waals surface area contributed by atoms with Crippen LogP contribution in [-0.4, -0.2) is 16.0 Å². The number of rotatable bonds is 5. The predicted octanol–water partition coefficient (Wildman–Crippen LogP) is 7.44. The number of hydrogen-bond acceptors (Lipinski definition) is 4. The highest BCUT2D eigenvalue weighted by molar-refractivity contribution is 7.80. The van der Waals surface area contributed by atoms with Gasteiger partial charge in [-0.2, -0.15) is 0 Å². The predicted molar refractivity (Wildman–Crippen MR) is 138 cm³/mol. The molecule has 8 heteroatoms. The molecule has 1 heterocycles. The van der Waals surface area contributed by atoms with Crippen molar-refractivity contribution in [3.8, 4) is 11.5 Å². The van der Waals surface area contributed by atoms with Crippen LogP contribution in [0.15, 0.2) is 65.1 Å². The normalized spacial score (nSPS) is 11.9. The number of carbonyl (C=O) groups is 1. The van der Waals surface area contributed by atoms with E-state index in [-0.39, 0.29) is 15.7 Å². The van der Waals surface area contributed by atoms with Crippen LogP contribution in [0.2, 0.25) is 10.0 Å². The number of benzene rings is 3. The number of carbonyl (C=O) groups excluding carboxylic acids is 1. The van der Waals surface area contributed by atoms with Gasteiger partial charge in [-0.05, 0) is 84.7 Å². The fourth-order valence-electron chi connectivity index (χ4n) is 3.31. The highest BCUT2D eigenvalue weighted by Gasteiger charge is 2.13. The summed E-state index contributed by atoms with van der Waals surface area (Å²) in [6.45, 7) is 4.37. The number of fused-ring (bicyclic) bond motifs is 1. The Kier molecular flexibility index (Phi) is 6.98. The Bertz CT molecular complexity index is 1340. The van der Waals surface area contributed by atoms with Gasteiger partial charge in [-0.15, -0.1) is 0 Å². The maximum Gasteiger partial charge on any atom is 0.258 e. The third-order valence-electron chi connectivity index (χ3n) is 5.39. The number of halogens is 2. The van der Waals surface area contributed by atoms with Crippen LogP contribution in [0.3, 0.4) is 0 Å². The molecule has 4 rings (SSSR count). The van der Waals surface area contributed by atoms with E-state index in [9.17, 15) is 4.79 Å². The lowest BCUT2D eigenvalue weighted by Crippen LogP contribution is -2.34. The summed E-state index contributed by atoms with van der Waals surface area (Å²) in [5.41, 5.74) is 4.68. The standard InChI is InChI=1S/C25H21Cl2N3O2S/c1-3-14(2)16-6-11-22-21(12-16)29-24(32-22)15-4-8-18(9-5-15)28-25(33)30-23(31)19-10-7-17(26)13-20(19)27/h4-14H,3H2,1-2H3,(H2,28,30,31,33). The van der Waals surface area contributed by atoms with Gasteiger partial charge in [0.1, 0.15) is 5.52 Å². The molecule has 1 unspecified atom stereocenters. The Morgan fingerprint density at radius 3 is 2.55 bits per heavy atom. The van der Waals surface area contributed by atoms with E-state index in [1.54, 1.807) is 12.1 Å². The van der Waals surface area contributed by atoms with Gasteiger partial charge >= 0.3 is 0 Å². The van der Waals surface area contributed by atoms with Crippen LogP contribution in [0, 0.1) is 0 Å². The molecule has 1 atom stereocenters. The second-order valence-electron chi connectivity index (χ2n) is 7.67. The Morgan fingerprint density at radius 1 is 1.09 bits per heavy atom. The highest BCUT2D eigenvalue weighted by atomic mass is 35.5. The van der Waals surface area contributed by atoms with Crippen molar-refractivity contribution in [3.05, 3.63) is 81.8 Å². The van der Waals surface area contributed by atoms with Crippen LogP contribution in [0.1, 0.15) is 42.1 Å². The van der Waals surface area contributed by atoms with Crippen LogP contribution in [-0.2, 0) is 0 Å². The van der Waals surface area contributed by atoms with Gasteiger partial charge in [0.2, 0.25) is 5.89 Å². The van der Waals surface area contributed by atoms with E-state index in [1.807, 2.05) is 30.3 Å². The maximum absolute atomic E-state index is 12.4. The number of nitrogens with zero attached hydrogens (tertiary/aromatic N) is 1. The molecule has 168 valence electrons. The minimum absolute atomic E-state index is 0.151. The molecule has 0 aliphatic carbocycles. The lowest BCUT2D eigenvalue weighted by Gasteiger charge is -2.10. The van der Waals surface area contributed by atoms with E-state index < -0.39 is 5.91 Å². The summed E-state index contributed by atoms with van der Waals surface area (Å²) in [7, 11) is 0. The molecule has 1 aromatic heterocycles. The summed E-state index contributed by atoms with van der Waals surface area (Å²) in [6, 6.07) is 18.2. The number of amides is 1.